The molecule has 2 amide bonds. The highest BCUT2D eigenvalue weighted by Crippen LogP contribution is 2.26. The number of primary amides is 1. The van der Waals surface area contributed by atoms with Gasteiger partial charge in [-0.15, -0.1) is 39.7 Å². The second-order valence-corrected chi connectivity index (χ2v) is 14.5. The molecule has 0 radical (unpaired) electrons. The van der Waals surface area contributed by atoms with Crippen molar-refractivity contribution in [2.75, 3.05) is 5.33 Å². The number of nitrogens with zero attached hydrogens (tertiary/aromatic N) is 3. The van der Waals surface area contributed by atoms with Crippen molar-refractivity contribution >= 4 is 84.7 Å². The predicted molar refractivity (Wildman–Crippen MR) is 215 cm³/mol. The zero-order valence-electron chi connectivity index (χ0n) is 29.2. The Labute approximate surface area is 337 Å². The van der Waals surface area contributed by atoms with E-state index in [1.807, 2.05) is 22.9 Å². The molecule has 0 fully saturated rings. The first-order valence-electron chi connectivity index (χ1n) is 15.7. The molecule has 0 aliphatic rings. The van der Waals surface area contributed by atoms with Gasteiger partial charge in [0.15, 0.2) is 5.78 Å². The number of hydrogen-bond donors (Lipinski definition) is 3. The summed E-state index contributed by atoms with van der Waals surface area (Å²) in [7, 11) is 0. The van der Waals surface area contributed by atoms with E-state index in [2.05, 4.69) is 26.2 Å². The second-order valence-electron chi connectivity index (χ2n) is 12.1. The van der Waals surface area contributed by atoms with Gasteiger partial charge >= 0.3 is 6.09 Å². The molecule has 2 aromatic carbocycles. The van der Waals surface area contributed by atoms with Crippen LogP contribution in [0, 0.1) is 20.2 Å². The van der Waals surface area contributed by atoms with Crippen LogP contribution in [0.5, 0.6) is 0 Å². The number of aromatic nitrogens is 1. The zero-order chi connectivity index (χ0) is 39.1. The van der Waals surface area contributed by atoms with E-state index in [1.54, 1.807) is 74.8 Å². The number of ether oxygens (including phenoxy) is 1. The summed E-state index contributed by atoms with van der Waals surface area (Å²) in [5.41, 5.74) is 12.7. The Kier molecular flexibility index (Phi) is 18.3. The number of benzene rings is 2. The molecule has 0 aliphatic heterocycles. The third-order valence-corrected chi connectivity index (χ3v) is 9.09. The molecule has 5 N–H and O–H groups in total. The fourth-order valence-corrected chi connectivity index (χ4v) is 5.90. The van der Waals surface area contributed by atoms with Crippen LogP contribution in [-0.2, 0) is 22.4 Å². The van der Waals surface area contributed by atoms with Gasteiger partial charge < -0.3 is 25.9 Å². The molecule has 2 atom stereocenters. The van der Waals surface area contributed by atoms with Gasteiger partial charge in [0.25, 0.3) is 17.3 Å². The molecule has 19 heteroatoms. The number of Topliss-reactive ketones (excluding diaryl/α,β-unsaturated/α-hetero) is 1. The molecule has 5 rings (SSSR count). The third kappa shape index (κ3) is 15.3. The van der Waals surface area contributed by atoms with Crippen molar-refractivity contribution in [3.63, 3.8) is 0 Å². The van der Waals surface area contributed by atoms with Crippen molar-refractivity contribution < 1.29 is 33.4 Å². The molecule has 3 aromatic heterocycles. The number of carbonyl (C=O) groups excluding carboxylic acids is 3. The van der Waals surface area contributed by atoms with Crippen molar-refractivity contribution in [1.29, 1.82) is 0 Å². The Morgan fingerprint density at radius 2 is 1.44 bits per heavy atom. The van der Waals surface area contributed by atoms with Crippen molar-refractivity contribution in [1.82, 2.24) is 10.3 Å². The Hall–Kier alpha value is -4.82. The monoisotopic (exact) mass is 908 g/mol. The van der Waals surface area contributed by atoms with Crippen molar-refractivity contribution in [2.24, 2.45) is 11.5 Å². The number of oxazole rings is 1. The van der Waals surface area contributed by atoms with E-state index in [-0.39, 0.29) is 57.8 Å². The Morgan fingerprint density at radius 3 is 1.87 bits per heavy atom. The number of rotatable bonds is 12. The normalized spacial score (nSPS) is 11.6. The van der Waals surface area contributed by atoms with E-state index in [0.29, 0.717) is 28.4 Å². The summed E-state index contributed by atoms with van der Waals surface area (Å²) in [6.45, 7) is 5.18. The number of non-ortho nitro benzene ring substituents is 2. The van der Waals surface area contributed by atoms with Gasteiger partial charge in [-0.05, 0) is 67.6 Å². The van der Waals surface area contributed by atoms with E-state index in [1.165, 1.54) is 35.6 Å². The minimum absolute atomic E-state index is 0. The molecule has 288 valence electrons. The number of thiophene rings is 2. The number of alkyl carbamates (subject to hydrolysis) is 1. The van der Waals surface area contributed by atoms with Crippen LogP contribution in [0.15, 0.2) is 94.2 Å². The van der Waals surface area contributed by atoms with Crippen molar-refractivity contribution in [3.05, 3.63) is 132 Å². The zero-order valence-corrected chi connectivity index (χ0v) is 34.1. The van der Waals surface area contributed by atoms with Crippen LogP contribution in [0.1, 0.15) is 53.3 Å². The van der Waals surface area contributed by atoms with E-state index in [4.69, 9.17) is 20.6 Å². The minimum atomic E-state index is -0.773. The van der Waals surface area contributed by atoms with Gasteiger partial charge in [0.2, 0.25) is 5.89 Å². The van der Waals surface area contributed by atoms with Crippen molar-refractivity contribution in [2.45, 2.75) is 51.3 Å². The first-order valence-corrected chi connectivity index (χ1v) is 18.6. The smallest absolute Gasteiger partial charge is 0.408 e. The molecule has 15 nitrogen and oxygen atoms in total. The summed E-state index contributed by atoms with van der Waals surface area (Å²) in [5, 5.41) is 27.7. The predicted octanol–water partition coefficient (Wildman–Crippen LogP) is 7.97. The largest absolute Gasteiger partial charge is 0.444 e. The Balaban J connectivity index is 0.000000305. The summed E-state index contributed by atoms with van der Waals surface area (Å²) in [6.07, 6.45) is 1.64. The average Bonchev–Trinajstić information content (AvgIpc) is 3.92. The summed E-state index contributed by atoms with van der Waals surface area (Å²) in [5.74, 6) is -0.00152. The molecular weight excluding hydrogens is 872 g/mol. The van der Waals surface area contributed by atoms with Crippen LogP contribution >= 0.6 is 55.6 Å². The summed E-state index contributed by atoms with van der Waals surface area (Å²) >= 11 is 5.98. The standard InChI is InChI=1S/C15H19BrN2O5.C15H13N3O3S.C5H5NOS.BrH/c1-15(2,3)23-14(20)17-12(13(19)9-16)8-10-4-6-11(7-5-10)18(21)22;16-12(8-10-3-5-11(6-4-10)18(19)20)13-9-21-15(17-13)14-2-1-7-22-14;6-5(7)4-2-1-3-8-4;/h4-7,12H,8-9H2,1-3H3,(H,17,20);1-7,9,12H,8,16H2;1-3H,(H2,6,7);1H/t2*12-;;/m00../s1. The highest BCUT2D eigenvalue weighted by molar-refractivity contribution is 9.09. The maximum absolute atomic E-state index is 12.0. The minimum Gasteiger partial charge on any atom is -0.444 e. The molecule has 54 heavy (non-hydrogen) atoms. The van der Waals surface area contributed by atoms with Gasteiger partial charge in [0.1, 0.15) is 11.9 Å². The van der Waals surface area contributed by atoms with Crippen LogP contribution in [-0.4, -0.2) is 49.6 Å². The third-order valence-electron chi connectivity index (χ3n) is 6.80. The summed E-state index contributed by atoms with van der Waals surface area (Å²) < 4.78 is 10.6. The number of nitrogens with one attached hydrogen (secondary N) is 1. The van der Waals surface area contributed by atoms with E-state index >= 15 is 0 Å². The molecule has 0 saturated heterocycles. The molecular formula is C35H38Br2N6O9S2. The lowest BCUT2D eigenvalue weighted by molar-refractivity contribution is -0.385. The Bertz CT molecular complexity index is 1950. The maximum atomic E-state index is 12.0. The number of amides is 2. The number of nitro benzene ring substituents is 2. The second kappa shape index (κ2) is 21.8. The fraction of sp³-hybridized carbons (Fsp3) is 0.257. The topological polar surface area (TPSA) is 237 Å². The van der Waals surface area contributed by atoms with E-state index in [0.717, 1.165) is 10.4 Å². The lowest BCUT2D eigenvalue weighted by Gasteiger charge is -2.23. The van der Waals surface area contributed by atoms with Gasteiger partial charge in [-0.3, -0.25) is 29.8 Å². The van der Waals surface area contributed by atoms with Crippen LogP contribution in [0.2, 0.25) is 0 Å². The molecule has 0 bridgehead atoms. The number of hydrogen-bond acceptors (Lipinski definition) is 13. The molecule has 5 aromatic rings. The first-order chi connectivity index (χ1) is 25.1. The number of nitro groups is 2. The first kappa shape index (κ1) is 45.3. The van der Waals surface area contributed by atoms with E-state index < -0.39 is 27.6 Å². The number of halogens is 2. The SMILES string of the molecule is Br.CC(C)(C)OC(=O)N[C@@H](Cc1ccc([N+](=O)[O-])cc1)C(=O)CBr.NC(=O)c1cccs1.N[C@@H](Cc1ccc([N+](=O)[O-])cc1)c1coc(-c2cccs2)n1. The molecule has 3 heterocycles. The van der Waals surface area contributed by atoms with Gasteiger partial charge in [-0.2, -0.15) is 0 Å². The van der Waals surface area contributed by atoms with Gasteiger partial charge in [0, 0.05) is 24.3 Å². The average molecular weight is 911 g/mol. The molecule has 0 saturated carbocycles. The number of nitrogens with two attached hydrogens (primary N) is 2. The van der Waals surface area contributed by atoms with Crippen LogP contribution in [0.4, 0.5) is 16.2 Å². The molecule has 0 aliphatic carbocycles. The van der Waals surface area contributed by atoms with Crippen molar-refractivity contribution in [3.8, 4) is 10.8 Å². The van der Waals surface area contributed by atoms with Crippen LogP contribution in [0.3, 0.4) is 0 Å². The van der Waals surface area contributed by atoms with Crippen LogP contribution < -0.4 is 16.8 Å². The van der Waals surface area contributed by atoms with Gasteiger partial charge in [0.05, 0.1) is 42.7 Å². The van der Waals surface area contributed by atoms with Crippen LogP contribution in [0.25, 0.3) is 10.8 Å². The van der Waals surface area contributed by atoms with Gasteiger partial charge in [-0.1, -0.05) is 52.3 Å². The lowest BCUT2D eigenvalue weighted by Crippen LogP contribution is -2.45. The molecule has 0 spiro atoms. The number of carbonyl (C=O) groups is 3. The van der Waals surface area contributed by atoms with Gasteiger partial charge in [-0.25, -0.2) is 9.78 Å². The number of ketones is 1. The fourth-order valence-electron chi connectivity index (χ4n) is 4.28. The van der Waals surface area contributed by atoms with E-state index in [9.17, 15) is 34.6 Å². The summed E-state index contributed by atoms with van der Waals surface area (Å²) in [6, 6.07) is 18.5. The highest BCUT2D eigenvalue weighted by atomic mass is 79.9. The number of alkyl halides is 1. The quantitative estimate of drug-likeness (QED) is 0.0616. The lowest BCUT2D eigenvalue weighted by atomic mass is 10.0. The Morgan fingerprint density at radius 1 is 0.907 bits per heavy atom. The summed E-state index contributed by atoms with van der Waals surface area (Å²) in [4.78, 5) is 60.4. The highest BCUT2D eigenvalue weighted by Gasteiger charge is 2.24. The molecule has 0 unspecified atom stereocenters. The maximum Gasteiger partial charge on any atom is 0.408 e.